The quantitative estimate of drug-likeness (QED) is 0.932. The molecule has 1 aromatic carbocycles. The first kappa shape index (κ1) is 15.3. The molecule has 1 unspecified atom stereocenters. The normalized spacial score (nSPS) is 17.9. The zero-order valence-electron chi connectivity index (χ0n) is 13.2. The zero-order chi connectivity index (χ0) is 16.4. The van der Waals surface area contributed by atoms with Gasteiger partial charge in [0.1, 0.15) is 11.8 Å². The third-order valence-corrected chi connectivity index (χ3v) is 3.90. The van der Waals surface area contributed by atoms with E-state index in [0.29, 0.717) is 24.5 Å². The van der Waals surface area contributed by atoms with E-state index in [9.17, 15) is 9.59 Å². The van der Waals surface area contributed by atoms with Crippen LogP contribution in [0.4, 0.5) is 0 Å². The van der Waals surface area contributed by atoms with Crippen LogP contribution in [0.25, 0.3) is 0 Å². The predicted octanol–water partition coefficient (Wildman–Crippen LogP) is 1.53. The van der Waals surface area contributed by atoms with Gasteiger partial charge in [0.25, 0.3) is 0 Å². The molecule has 0 bridgehead atoms. The van der Waals surface area contributed by atoms with Crippen molar-refractivity contribution < 1.29 is 14.1 Å². The Kier molecular flexibility index (Phi) is 4.14. The second kappa shape index (κ2) is 6.24. The van der Waals surface area contributed by atoms with Crippen LogP contribution in [0.2, 0.25) is 0 Å². The first-order chi connectivity index (χ1) is 11.0. The Morgan fingerprint density at radius 3 is 2.91 bits per heavy atom. The van der Waals surface area contributed by atoms with Gasteiger partial charge in [0.15, 0.2) is 0 Å². The van der Waals surface area contributed by atoms with Crippen LogP contribution in [0.15, 0.2) is 34.9 Å². The average molecular weight is 313 g/mol. The van der Waals surface area contributed by atoms with Crippen molar-refractivity contribution in [2.45, 2.75) is 26.3 Å². The van der Waals surface area contributed by atoms with E-state index < -0.39 is 6.04 Å². The van der Waals surface area contributed by atoms with Crippen molar-refractivity contribution in [3.63, 3.8) is 0 Å². The van der Waals surface area contributed by atoms with Gasteiger partial charge in [0.05, 0.1) is 12.1 Å². The van der Waals surface area contributed by atoms with Crippen LogP contribution in [0.3, 0.4) is 0 Å². The summed E-state index contributed by atoms with van der Waals surface area (Å²) in [6.45, 7) is 4.70. The summed E-state index contributed by atoms with van der Waals surface area (Å²) >= 11 is 0. The summed E-state index contributed by atoms with van der Waals surface area (Å²) in [4.78, 5) is 26.6. The molecule has 3 rings (SSSR count). The van der Waals surface area contributed by atoms with Gasteiger partial charge in [-0.3, -0.25) is 9.59 Å². The number of amides is 2. The number of nitrogens with zero attached hydrogens (tertiary/aromatic N) is 2. The number of hydrogen-bond acceptors (Lipinski definition) is 4. The van der Waals surface area contributed by atoms with Gasteiger partial charge in [0, 0.05) is 19.2 Å². The minimum Gasteiger partial charge on any atom is -0.361 e. The molecule has 1 atom stereocenters. The van der Waals surface area contributed by atoms with Crippen LogP contribution in [0.1, 0.15) is 28.6 Å². The SMILES string of the molecule is Cc1cccc(C2C(=O)NCCN2C(=O)Cc2cc(C)on2)c1. The lowest BCUT2D eigenvalue weighted by molar-refractivity contribution is -0.143. The van der Waals surface area contributed by atoms with Crippen LogP contribution >= 0.6 is 0 Å². The lowest BCUT2D eigenvalue weighted by Gasteiger charge is -2.35. The molecule has 0 spiro atoms. The molecule has 1 aliphatic rings. The van der Waals surface area contributed by atoms with E-state index in [2.05, 4.69) is 10.5 Å². The molecule has 120 valence electrons. The largest absolute Gasteiger partial charge is 0.361 e. The molecule has 6 nitrogen and oxygen atoms in total. The van der Waals surface area contributed by atoms with Gasteiger partial charge in [-0.15, -0.1) is 0 Å². The predicted molar refractivity (Wildman–Crippen MR) is 83.6 cm³/mol. The Balaban J connectivity index is 1.85. The third-order valence-electron chi connectivity index (χ3n) is 3.90. The summed E-state index contributed by atoms with van der Waals surface area (Å²) in [5.41, 5.74) is 2.47. The number of nitrogens with one attached hydrogen (secondary N) is 1. The molecule has 0 aliphatic carbocycles. The van der Waals surface area contributed by atoms with Crippen LogP contribution in [0, 0.1) is 13.8 Å². The lowest BCUT2D eigenvalue weighted by atomic mass is 10.00. The first-order valence-corrected chi connectivity index (χ1v) is 7.60. The van der Waals surface area contributed by atoms with Crippen molar-refractivity contribution in [1.82, 2.24) is 15.4 Å². The van der Waals surface area contributed by atoms with Gasteiger partial charge in [-0.05, 0) is 19.4 Å². The molecule has 1 N–H and O–H groups in total. The third kappa shape index (κ3) is 3.26. The Hall–Kier alpha value is -2.63. The molecule has 23 heavy (non-hydrogen) atoms. The second-order valence-corrected chi connectivity index (χ2v) is 5.80. The van der Waals surface area contributed by atoms with E-state index in [1.165, 1.54) is 0 Å². The molecule has 1 aliphatic heterocycles. The summed E-state index contributed by atoms with van der Waals surface area (Å²) in [5.74, 6) is 0.394. The van der Waals surface area contributed by atoms with E-state index in [1.54, 1.807) is 17.9 Å². The Morgan fingerprint density at radius 1 is 1.39 bits per heavy atom. The number of hydrogen-bond donors (Lipinski definition) is 1. The molecule has 2 heterocycles. The van der Waals surface area contributed by atoms with E-state index in [1.807, 2.05) is 31.2 Å². The molecule has 1 aromatic heterocycles. The number of carbonyl (C=O) groups excluding carboxylic acids is 2. The zero-order valence-corrected chi connectivity index (χ0v) is 13.2. The summed E-state index contributed by atoms with van der Waals surface area (Å²) in [7, 11) is 0. The minimum absolute atomic E-state index is 0.125. The molecule has 6 heteroatoms. The lowest BCUT2D eigenvalue weighted by Crippen LogP contribution is -2.52. The van der Waals surface area contributed by atoms with Crippen molar-refractivity contribution in [3.05, 3.63) is 52.9 Å². The Labute approximate surface area is 134 Å². The number of carbonyl (C=O) groups is 2. The number of aromatic nitrogens is 1. The van der Waals surface area contributed by atoms with Crippen LogP contribution in [-0.2, 0) is 16.0 Å². The fourth-order valence-electron chi connectivity index (χ4n) is 2.86. The van der Waals surface area contributed by atoms with Crippen LogP contribution < -0.4 is 5.32 Å². The highest BCUT2D eigenvalue weighted by Gasteiger charge is 2.34. The highest BCUT2D eigenvalue weighted by atomic mass is 16.5. The summed E-state index contributed by atoms with van der Waals surface area (Å²) in [6, 6.07) is 8.83. The van der Waals surface area contributed by atoms with Gasteiger partial charge in [0.2, 0.25) is 11.8 Å². The maximum Gasteiger partial charge on any atom is 0.247 e. The van der Waals surface area contributed by atoms with Gasteiger partial charge in [-0.25, -0.2) is 0 Å². The number of piperazine rings is 1. The van der Waals surface area contributed by atoms with E-state index in [4.69, 9.17) is 4.52 Å². The topological polar surface area (TPSA) is 75.4 Å². The van der Waals surface area contributed by atoms with Crippen LogP contribution in [-0.4, -0.2) is 35.0 Å². The Bertz CT molecular complexity index is 738. The van der Waals surface area contributed by atoms with Crippen molar-refractivity contribution in [2.75, 3.05) is 13.1 Å². The number of benzene rings is 1. The number of aryl methyl sites for hydroxylation is 2. The van der Waals surface area contributed by atoms with Crippen molar-refractivity contribution >= 4 is 11.8 Å². The number of rotatable bonds is 3. The van der Waals surface area contributed by atoms with Crippen molar-refractivity contribution in [2.24, 2.45) is 0 Å². The molecule has 2 amide bonds. The fraction of sp³-hybridized carbons (Fsp3) is 0.353. The van der Waals surface area contributed by atoms with Gasteiger partial charge < -0.3 is 14.7 Å². The van der Waals surface area contributed by atoms with Crippen molar-refractivity contribution in [3.8, 4) is 0 Å². The smallest absolute Gasteiger partial charge is 0.247 e. The molecule has 2 aromatic rings. The monoisotopic (exact) mass is 313 g/mol. The second-order valence-electron chi connectivity index (χ2n) is 5.80. The van der Waals surface area contributed by atoms with Gasteiger partial charge >= 0.3 is 0 Å². The van der Waals surface area contributed by atoms with Gasteiger partial charge in [-0.1, -0.05) is 35.0 Å². The molecule has 0 radical (unpaired) electrons. The summed E-state index contributed by atoms with van der Waals surface area (Å²) in [5, 5.41) is 6.69. The molecule has 1 fully saturated rings. The van der Waals surface area contributed by atoms with Crippen LogP contribution in [0.5, 0.6) is 0 Å². The summed E-state index contributed by atoms with van der Waals surface area (Å²) in [6.07, 6.45) is 0.132. The highest BCUT2D eigenvalue weighted by Crippen LogP contribution is 2.25. The summed E-state index contributed by atoms with van der Waals surface area (Å²) < 4.78 is 5.00. The maximum atomic E-state index is 12.7. The standard InChI is InChI=1S/C17H19N3O3/c1-11-4-3-5-13(8-11)16-17(22)18-6-7-20(16)15(21)10-14-9-12(2)23-19-14/h3-5,8-9,16H,6-7,10H2,1-2H3,(H,18,22). The molecule has 1 saturated heterocycles. The first-order valence-electron chi connectivity index (χ1n) is 7.60. The fourth-order valence-corrected chi connectivity index (χ4v) is 2.86. The average Bonchev–Trinajstić information content (AvgIpc) is 2.92. The van der Waals surface area contributed by atoms with E-state index in [-0.39, 0.29) is 18.2 Å². The highest BCUT2D eigenvalue weighted by molar-refractivity contribution is 5.90. The van der Waals surface area contributed by atoms with Crippen molar-refractivity contribution in [1.29, 1.82) is 0 Å². The van der Waals surface area contributed by atoms with E-state index in [0.717, 1.165) is 11.1 Å². The minimum atomic E-state index is -0.593. The van der Waals surface area contributed by atoms with Gasteiger partial charge in [-0.2, -0.15) is 0 Å². The molecular weight excluding hydrogens is 294 g/mol. The van der Waals surface area contributed by atoms with E-state index >= 15 is 0 Å². The maximum absolute atomic E-state index is 12.7. The Morgan fingerprint density at radius 2 is 2.22 bits per heavy atom. The molecule has 0 saturated carbocycles. The molecular formula is C17H19N3O3.